The molecule has 4 heteroatoms. The minimum atomic E-state index is -0.685. The lowest BCUT2D eigenvalue weighted by Gasteiger charge is -2.16. The Morgan fingerprint density at radius 3 is 2.79 bits per heavy atom. The van der Waals surface area contributed by atoms with Gasteiger partial charge in [0.25, 0.3) is 0 Å². The highest BCUT2D eigenvalue weighted by atomic mass is 19.1. The molecule has 2 aromatic rings. The van der Waals surface area contributed by atoms with Crippen molar-refractivity contribution in [2.75, 3.05) is 0 Å². The van der Waals surface area contributed by atoms with Crippen molar-refractivity contribution in [2.45, 2.75) is 31.6 Å². The van der Waals surface area contributed by atoms with Crippen LogP contribution in [0.15, 0.2) is 36.7 Å². The Hall–Kier alpha value is -1.97. The lowest BCUT2D eigenvalue weighted by atomic mass is 9.94. The first kappa shape index (κ1) is 12.1. The molecule has 0 amide bonds. The van der Waals surface area contributed by atoms with Crippen LogP contribution >= 0.6 is 0 Å². The van der Waals surface area contributed by atoms with Crippen molar-refractivity contribution in [3.8, 4) is 0 Å². The van der Waals surface area contributed by atoms with E-state index in [1.807, 2.05) is 6.92 Å². The van der Waals surface area contributed by atoms with Crippen LogP contribution in [-0.4, -0.2) is 15.5 Å². The quantitative estimate of drug-likeness (QED) is 0.848. The van der Waals surface area contributed by atoms with Crippen molar-refractivity contribution in [2.24, 2.45) is 0 Å². The second-order valence-electron chi connectivity index (χ2n) is 4.93. The second-order valence-corrected chi connectivity index (χ2v) is 4.93. The molecule has 1 aromatic heterocycles. The maximum absolute atomic E-state index is 13.9. The highest BCUT2D eigenvalue weighted by molar-refractivity contribution is 5.93. The molecule has 0 radical (unpaired) electrons. The number of aryl methyl sites for hydroxylation is 1. The van der Waals surface area contributed by atoms with Crippen molar-refractivity contribution >= 4 is 5.91 Å². The van der Waals surface area contributed by atoms with E-state index in [1.165, 1.54) is 6.07 Å². The summed E-state index contributed by atoms with van der Waals surface area (Å²) < 4.78 is 15.5. The lowest BCUT2D eigenvalue weighted by molar-refractivity contribution is 0.0856. The SMILES string of the molecule is CCc1nccn1C(=O)C1(c2ccccc2F)CC1. The van der Waals surface area contributed by atoms with E-state index in [1.54, 1.807) is 35.2 Å². The standard InChI is InChI=1S/C15H15FN2O/c1-2-13-17-9-10-18(13)14(19)15(7-8-15)11-5-3-4-6-12(11)16/h3-6,9-10H,2,7-8H2,1H3. The van der Waals surface area contributed by atoms with Gasteiger partial charge in [-0.15, -0.1) is 0 Å². The smallest absolute Gasteiger partial charge is 0.242 e. The van der Waals surface area contributed by atoms with E-state index in [0.717, 1.165) is 5.82 Å². The van der Waals surface area contributed by atoms with Gasteiger partial charge in [0.05, 0.1) is 5.41 Å². The zero-order valence-electron chi connectivity index (χ0n) is 10.8. The van der Waals surface area contributed by atoms with Crippen LogP contribution in [0.25, 0.3) is 0 Å². The average molecular weight is 258 g/mol. The van der Waals surface area contributed by atoms with Gasteiger partial charge >= 0.3 is 0 Å². The fourth-order valence-electron chi connectivity index (χ4n) is 2.58. The summed E-state index contributed by atoms with van der Waals surface area (Å²) in [5, 5.41) is 0. The number of imidazole rings is 1. The van der Waals surface area contributed by atoms with Crippen molar-refractivity contribution < 1.29 is 9.18 Å². The maximum atomic E-state index is 13.9. The first-order valence-corrected chi connectivity index (χ1v) is 6.51. The average Bonchev–Trinajstić information content (AvgIpc) is 3.09. The van der Waals surface area contributed by atoms with Gasteiger partial charge in [-0.3, -0.25) is 9.36 Å². The topological polar surface area (TPSA) is 34.9 Å². The third kappa shape index (κ3) is 1.79. The molecule has 0 spiro atoms. The summed E-state index contributed by atoms with van der Waals surface area (Å²) in [6, 6.07) is 6.55. The number of carbonyl (C=O) groups is 1. The van der Waals surface area contributed by atoms with Crippen LogP contribution in [0.2, 0.25) is 0 Å². The first-order valence-electron chi connectivity index (χ1n) is 6.51. The van der Waals surface area contributed by atoms with E-state index < -0.39 is 5.41 Å². The predicted molar refractivity (Wildman–Crippen MR) is 69.5 cm³/mol. The Balaban J connectivity index is 2.03. The number of halogens is 1. The summed E-state index contributed by atoms with van der Waals surface area (Å²) in [5.41, 5.74) is -0.175. The molecule has 0 atom stereocenters. The van der Waals surface area contributed by atoms with E-state index in [4.69, 9.17) is 0 Å². The maximum Gasteiger partial charge on any atom is 0.242 e. The molecular weight excluding hydrogens is 243 g/mol. The third-order valence-corrected chi connectivity index (χ3v) is 3.80. The van der Waals surface area contributed by atoms with Crippen LogP contribution in [0.5, 0.6) is 0 Å². The molecule has 1 heterocycles. The van der Waals surface area contributed by atoms with Gasteiger partial charge in [0.15, 0.2) is 0 Å². The molecule has 1 aliphatic carbocycles. The Labute approximate surface area is 111 Å². The fraction of sp³-hybridized carbons (Fsp3) is 0.333. The molecular formula is C15H15FN2O. The van der Waals surface area contributed by atoms with Gasteiger partial charge in [-0.2, -0.15) is 0 Å². The van der Waals surface area contributed by atoms with Crippen molar-refractivity contribution in [1.82, 2.24) is 9.55 Å². The Kier molecular flexibility index (Phi) is 2.73. The largest absolute Gasteiger partial charge is 0.273 e. The van der Waals surface area contributed by atoms with Gasteiger partial charge in [-0.25, -0.2) is 9.37 Å². The minimum absolute atomic E-state index is 0.0630. The molecule has 1 fully saturated rings. The van der Waals surface area contributed by atoms with Gasteiger partial charge in [-0.05, 0) is 18.9 Å². The molecule has 0 saturated heterocycles. The van der Waals surface area contributed by atoms with Crippen LogP contribution < -0.4 is 0 Å². The van der Waals surface area contributed by atoms with E-state index in [2.05, 4.69) is 4.98 Å². The van der Waals surface area contributed by atoms with Crippen molar-refractivity contribution in [1.29, 1.82) is 0 Å². The molecule has 0 unspecified atom stereocenters. The number of hydrogen-bond acceptors (Lipinski definition) is 2. The normalized spacial score (nSPS) is 16.3. The zero-order chi connectivity index (χ0) is 13.5. The number of benzene rings is 1. The summed E-state index contributed by atoms with van der Waals surface area (Å²) in [4.78, 5) is 16.8. The summed E-state index contributed by atoms with van der Waals surface area (Å²) in [7, 11) is 0. The van der Waals surface area contributed by atoms with E-state index in [-0.39, 0.29) is 11.7 Å². The van der Waals surface area contributed by atoms with Crippen LogP contribution in [0.3, 0.4) is 0 Å². The van der Waals surface area contributed by atoms with Gasteiger partial charge < -0.3 is 0 Å². The summed E-state index contributed by atoms with van der Waals surface area (Å²) >= 11 is 0. The van der Waals surface area contributed by atoms with Gasteiger partial charge in [0, 0.05) is 24.4 Å². The number of nitrogens with zero attached hydrogens (tertiary/aromatic N) is 2. The summed E-state index contributed by atoms with van der Waals surface area (Å²) in [5.74, 6) is 0.367. The number of hydrogen-bond donors (Lipinski definition) is 0. The van der Waals surface area contributed by atoms with Gasteiger partial charge in [0.1, 0.15) is 11.6 Å². The number of carbonyl (C=O) groups excluding carboxylic acids is 1. The molecule has 3 rings (SSSR count). The summed E-state index contributed by atoms with van der Waals surface area (Å²) in [6.45, 7) is 1.95. The molecule has 0 aliphatic heterocycles. The van der Waals surface area contributed by atoms with Gasteiger partial charge in [-0.1, -0.05) is 25.1 Å². The van der Waals surface area contributed by atoms with E-state index in [0.29, 0.717) is 24.8 Å². The van der Waals surface area contributed by atoms with Gasteiger partial charge in [0.2, 0.25) is 5.91 Å². The highest BCUT2D eigenvalue weighted by Crippen LogP contribution is 2.50. The van der Waals surface area contributed by atoms with E-state index in [9.17, 15) is 9.18 Å². The number of rotatable bonds is 3. The van der Waals surface area contributed by atoms with Crippen molar-refractivity contribution in [3.05, 3.63) is 53.9 Å². The van der Waals surface area contributed by atoms with E-state index >= 15 is 0 Å². The third-order valence-electron chi connectivity index (χ3n) is 3.80. The molecule has 0 N–H and O–H groups in total. The Morgan fingerprint density at radius 2 is 2.16 bits per heavy atom. The lowest BCUT2D eigenvalue weighted by Crippen LogP contribution is -2.28. The Bertz CT molecular complexity index is 629. The molecule has 3 nitrogen and oxygen atoms in total. The second kappa shape index (κ2) is 4.30. The molecule has 1 saturated carbocycles. The monoisotopic (exact) mass is 258 g/mol. The zero-order valence-corrected chi connectivity index (χ0v) is 10.8. The van der Waals surface area contributed by atoms with Crippen molar-refractivity contribution in [3.63, 3.8) is 0 Å². The molecule has 1 aromatic carbocycles. The minimum Gasteiger partial charge on any atom is -0.273 e. The van der Waals surface area contributed by atoms with Crippen LogP contribution in [-0.2, 0) is 11.8 Å². The first-order chi connectivity index (χ1) is 9.19. The molecule has 1 aliphatic rings. The molecule has 98 valence electrons. The summed E-state index contributed by atoms with van der Waals surface area (Å²) in [6.07, 6.45) is 5.38. The van der Waals surface area contributed by atoms with Crippen LogP contribution in [0.4, 0.5) is 4.39 Å². The van der Waals surface area contributed by atoms with Crippen LogP contribution in [0.1, 0.15) is 35.9 Å². The van der Waals surface area contributed by atoms with Crippen LogP contribution in [0, 0.1) is 5.82 Å². The molecule has 19 heavy (non-hydrogen) atoms. The Morgan fingerprint density at radius 1 is 1.42 bits per heavy atom. The molecule has 0 bridgehead atoms. The predicted octanol–water partition coefficient (Wildman–Crippen LogP) is 2.96. The highest BCUT2D eigenvalue weighted by Gasteiger charge is 2.53. The fourth-order valence-corrected chi connectivity index (χ4v) is 2.58. The number of aromatic nitrogens is 2.